The normalized spacial score (nSPS) is 26.3. The lowest BCUT2D eigenvalue weighted by Gasteiger charge is -2.43. The van der Waals surface area contributed by atoms with Gasteiger partial charge in [-0.25, -0.2) is 0 Å². The second-order valence-corrected chi connectivity index (χ2v) is 7.79. The lowest BCUT2D eigenvalue weighted by molar-refractivity contribution is -0.174. The van der Waals surface area contributed by atoms with E-state index < -0.39 is 41.1 Å². The number of Topliss-reactive ketones (excluding diaryl/α,β-unsaturated/α-hetero) is 1. The molecular weight excluding hydrogens is 416 g/mol. The predicted molar refractivity (Wildman–Crippen MR) is 107 cm³/mol. The van der Waals surface area contributed by atoms with Gasteiger partial charge in [-0.05, 0) is 24.6 Å². The van der Waals surface area contributed by atoms with E-state index in [0.717, 1.165) is 0 Å². The molecule has 0 saturated heterocycles. The van der Waals surface area contributed by atoms with Gasteiger partial charge in [-0.3, -0.25) is 14.4 Å². The van der Waals surface area contributed by atoms with Crippen LogP contribution < -0.4 is 0 Å². The molecule has 0 aromatic heterocycles. The first-order valence-electron chi connectivity index (χ1n) is 9.54. The van der Waals surface area contributed by atoms with Crippen molar-refractivity contribution < 1.29 is 38.4 Å². The molecular formula is C21H27ClO8. The highest BCUT2D eigenvalue weighted by atomic mass is 35.5. The monoisotopic (exact) mass is 442 g/mol. The van der Waals surface area contributed by atoms with Crippen LogP contribution in [0.2, 0.25) is 5.02 Å². The number of hydrogen-bond donors (Lipinski definition) is 1. The summed E-state index contributed by atoms with van der Waals surface area (Å²) in [6, 6.07) is 6.41. The number of esters is 2. The maximum Gasteiger partial charge on any atom is 0.317 e. The van der Waals surface area contributed by atoms with Gasteiger partial charge in [0.1, 0.15) is 19.1 Å². The molecule has 166 valence electrons. The van der Waals surface area contributed by atoms with Crippen LogP contribution in [-0.2, 0) is 33.3 Å². The number of aliphatic hydroxyl groups is 1. The van der Waals surface area contributed by atoms with Crippen molar-refractivity contribution in [1.29, 1.82) is 0 Å². The Morgan fingerprint density at radius 3 is 2.10 bits per heavy atom. The topological polar surface area (TPSA) is 108 Å². The van der Waals surface area contributed by atoms with E-state index >= 15 is 0 Å². The highest BCUT2D eigenvalue weighted by molar-refractivity contribution is 6.30. The first-order chi connectivity index (χ1) is 14.2. The number of ketones is 1. The van der Waals surface area contributed by atoms with Crippen molar-refractivity contribution in [2.45, 2.75) is 24.9 Å². The van der Waals surface area contributed by atoms with Crippen molar-refractivity contribution in [2.24, 2.45) is 11.8 Å². The van der Waals surface area contributed by atoms with Crippen molar-refractivity contribution in [3.05, 3.63) is 34.9 Å². The summed E-state index contributed by atoms with van der Waals surface area (Å²) in [5.74, 6) is -5.44. The van der Waals surface area contributed by atoms with E-state index in [9.17, 15) is 19.5 Å². The van der Waals surface area contributed by atoms with Crippen LogP contribution >= 0.6 is 11.6 Å². The summed E-state index contributed by atoms with van der Waals surface area (Å²) in [7, 11) is 2.92. The van der Waals surface area contributed by atoms with Crippen LogP contribution in [-0.4, -0.2) is 69.1 Å². The van der Waals surface area contributed by atoms with Crippen LogP contribution in [0.15, 0.2) is 24.3 Å². The van der Waals surface area contributed by atoms with Crippen LogP contribution in [0.1, 0.15) is 24.8 Å². The molecule has 0 amide bonds. The SMILES string of the molecule is COCCOC(=O)[C@@H]1C(=O)C[C@@](C)(O)[C@@H](C(=O)OCCOC)[C@H]1c1ccc(Cl)cc1. The Hall–Kier alpha value is -2.00. The summed E-state index contributed by atoms with van der Waals surface area (Å²) in [6.07, 6.45) is -0.384. The van der Waals surface area contributed by atoms with E-state index in [1.54, 1.807) is 24.3 Å². The molecule has 0 bridgehead atoms. The van der Waals surface area contributed by atoms with Crippen molar-refractivity contribution in [2.75, 3.05) is 40.6 Å². The van der Waals surface area contributed by atoms with Crippen LogP contribution in [0.5, 0.6) is 0 Å². The van der Waals surface area contributed by atoms with Crippen molar-refractivity contribution in [3.8, 4) is 0 Å². The van der Waals surface area contributed by atoms with Gasteiger partial charge >= 0.3 is 11.9 Å². The third-order valence-electron chi connectivity index (χ3n) is 5.09. The zero-order valence-corrected chi connectivity index (χ0v) is 18.0. The lowest BCUT2D eigenvalue weighted by Crippen LogP contribution is -2.55. The van der Waals surface area contributed by atoms with Crippen LogP contribution in [0.25, 0.3) is 0 Å². The maximum atomic E-state index is 12.9. The molecule has 0 spiro atoms. The van der Waals surface area contributed by atoms with E-state index in [1.807, 2.05) is 0 Å². The van der Waals surface area contributed by atoms with E-state index in [-0.39, 0.29) is 32.8 Å². The van der Waals surface area contributed by atoms with E-state index in [4.69, 9.17) is 30.5 Å². The Balaban J connectivity index is 2.46. The molecule has 2 rings (SSSR count). The number of benzene rings is 1. The molecule has 4 atom stereocenters. The standard InChI is InChI=1S/C21H27ClO8/c1-21(26)12-15(23)17(19(24)29-10-8-27-2)16(13-4-6-14(22)7-5-13)18(21)20(25)30-11-9-28-3/h4-7,16-18,26H,8-12H2,1-3H3/t16-,17+,18+,21+/m0/s1. The fraction of sp³-hybridized carbons (Fsp3) is 0.571. The molecule has 1 aliphatic rings. The number of carbonyl (C=O) groups excluding carboxylic acids is 3. The molecule has 0 aliphatic heterocycles. The largest absolute Gasteiger partial charge is 0.463 e. The number of hydrogen-bond acceptors (Lipinski definition) is 8. The zero-order valence-electron chi connectivity index (χ0n) is 17.3. The fourth-order valence-corrected chi connectivity index (χ4v) is 3.86. The quantitative estimate of drug-likeness (QED) is 0.350. The van der Waals surface area contributed by atoms with Crippen LogP contribution in [0, 0.1) is 11.8 Å². The average Bonchev–Trinajstić information content (AvgIpc) is 2.67. The second-order valence-electron chi connectivity index (χ2n) is 7.35. The number of halogens is 1. The van der Waals surface area contributed by atoms with Gasteiger partial charge in [-0.2, -0.15) is 0 Å². The van der Waals surface area contributed by atoms with Crippen molar-refractivity contribution in [1.82, 2.24) is 0 Å². The summed E-state index contributed by atoms with van der Waals surface area (Å²) in [5, 5.41) is 11.4. The minimum absolute atomic E-state index is 0.0217. The molecule has 0 unspecified atom stereocenters. The van der Waals surface area contributed by atoms with Gasteiger partial charge in [0.05, 0.1) is 24.7 Å². The molecule has 1 fully saturated rings. The van der Waals surface area contributed by atoms with E-state index in [1.165, 1.54) is 21.1 Å². The van der Waals surface area contributed by atoms with Gasteiger partial charge in [0.25, 0.3) is 0 Å². The number of methoxy groups -OCH3 is 2. The van der Waals surface area contributed by atoms with Crippen LogP contribution in [0.4, 0.5) is 0 Å². The first kappa shape index (κ1) is 24.3. The summed E-state index contributed by atoms with van der Waals surface area (Å²) in [6.45, 7) is 1.67. The van der Waals surface area contributed by atoms with Crippen LogP contribution in [0.3, 0.4) is 0 Å². The fourth-order valence-electron chi connectivity index (χ4n) is 3.73. The molecule has 0 heterocycles. The van der Waals surface area contributed by atoms with Crippen molar-refractivity contribution >= 4 is 29.3 Å². The van der Waals surface area contributed by atoms with Gasteiger partial charge in [-0.1, -0.05) is 23.7 Å². The minimum Gasteiger partial charge on any atom is -0.463 e. The predicted octanol–water partition coefficient (Wildman–Crippen LogP) is 1.76. The lowest BCUT2D eigenvalue weighted by atomic mass is 9.62. The molecule has 9 heteroatoms. The third kappa shape index (κ3) is 5.78. The zero-order chi connectivity index (χ0) is 22.3. The van der Waals surface area contributed by atoms with E-state index in [0.29, 0.717) is 10.6 Å². The Labute approximate surface area is 180 Å². The summed E-state index contributed by atoms with van der Waals surface area (Å²) >= 11 is 5.97. The molecule has 30 heavy (non-hydrogen) atoms. The van der Waals surface area contributed by atoms with Crippen molar-refractivity contribution in [3.63, 3.8) is 0 Å². The smallest absolute Gasteiger partial charge is 0.317 e. The van der Waals surface area contributed by atoms with Gasteiger partial charge in [0.15, 0.2) is 5.78 Å². The highest BCUT2D eigenvalue weighted by Crippen LogP contribution is 2.46. The van der Waals surface area contributed by atoms with Gasteiger partial charge < -0.3 is 24.1 Å². The minimum atomic E-state index is -1.71. The molecule has 1 aromatic rings. The summed E-state index contributed by atoms with van der Waals surface area (Å²) in [5.41, 5.74) is -1.22. The van der Waals surface area contributed by atoms with E-state index in [2.05, 4.69) is 0 Å². The average molecular weight is 443 g/mol. The molecule has 0 radical (unpaired) electrons. The summed E-state index contributed by atoms with van der Waals surface area (Å²) in [4.78, 5) is 38.6. The maximum absolute atomic E-state index is 12.9. The first-order valence-corrected chi connectivity index (χ1v) is 9.92. The summed E-state index contributed by atoms with van der Waals surface area (Å²) < 4.78 is 20.2. The molecule has 8 nitrogen and oxygen atoms in total. The number of carbonyl (C=O) groups is 3. The number of rotatable bonds is 9. The third-order valence-corrected chi connectivity index (χ3v) is 5.35. The van der Waals surface area contributed by atoms with Gasteiger partial charge in [-0.15, -0.1) is 0 Å². The van der Waals surface area contributed by atoms with Gasteiger partial charge in [0.2, 0.25) is 0 Å². The Morgan fingerprint density at radius 1 is 1.03 bits per heavy atom. The van der Waals surface area contributed by atoms with Gasteiger partial charge in [0, 0.05) is 31.6 Å². The molecule has 1 aromatic carbocycles. The molecule has 1 aliphatic carbocycles. The Bertz CT molecular complexity index is 746. The molecule has 1 N–H and O–H groups in total. The Morgan fingerprint density at radius 2 is 1.57 bits per heavy atom. The number of ether oxygens (including phenoxy) is 4. The highest BCUT2D eigenvalue weighted by Gasteiger charge is 2.57. The second kappa shape index (κ2) is 10.9. The molecule has 1 saturated carbocycles. The Kier molecular flexibility index (Phi) is 8.78.